The molecule has 3 aliphatic rings. The van der Waals surface area contributed by atoms with Crippen LogP contribution in [0.15, 0.2) is 24.3 Å². The molecule has 8 heteroatoms. The zero-order valence-electron chi connectivity index (χ0n) is 12.9. The standard InChI is InChI=1S/C16H17F5N2O/c1-9(10-3-2-4-11(5-10)16(19,20)21)22-13(24)23-15-6-14(7-15,8-15)12(17)18/h2-5,9,12H,6-8H2,1H3,(H2,22,23,24). The van der Waals surface area contributed by atoms with Crippen molar-refractivity contribution in [3.05, 3.63) is 35.4 Å². The van der Waals surface area contributed by atoms with Gasteiger partial charge in [-0.15, -0.1) is 0 Å². The lowest BCUT2D eigenvalue weighted by Crippen LogP contribution is -2.77. The molecule has 3 fully saturated rings. The normalized spacial score (nSPS) is 29.5. The van der Waals surface area contributed by atoms with Crippen molar-refractivity contribution in [1.82, 2.24) is 10.6 Å². The molecule has 2 amide bonds. The fourth-order valence-electron chi connectivity index (χ4n) is 3.77. The van der Waals surface area contributed by atoms with Crippen LogP contribution in [-0.4, -0.2) is 18.0 Å². The number of halogens is 5. The number of benzene rings is 1. The molecule has 0 aromatic heterocycles. The second kappa shape index (κ2) is 5.32. The maximum absolute atomic E-state index is 12.8. The summed E-state index contributed by atoms with van der Waals surface area (Å²) in [5.74, 6) is 0. The number of urea groups is 1. The second-order valence-electron chi connectivity index (χ2n) is 6.92. The number of alkyl halides is 5. The van der Waals surface area contributed by atoms with Crippen molar-refractivity contribution in [3.8, 4) is 0 Å². The lowest BCUT2D eigenvalue weighted by atomic mass is 9.39. The smallest absolute Gasteiger partial charge is 0.333 e. The summed E-state index contributed by atoms with van der Waals surface area (Å²) in [5, 5.41) is 5.24. The zero-order chi connectivity index (χ0) is 17.8. The van der Waals surface area contributed by atoms with E-state index in [1.54, 1.807) is 6.92 Å². The first-order valence-corrected chi connectivity index (χ1v) is 7.59. The summed E-state index contributed by atoms with van der Waals surface area (Å²) in [6, 6.07) is 3.53. The molecule has 3 aliphatic carbocycles. The van der Waals surface area contributed by atoms with Gasteiger partial charge in [-0.2, -0.15) is 13.2 Å². The van der Waals surface area contributed by atoms with Crippen LogP contribution in [-0.2, 0) is 6.18 Å². The van der Waals surface area contributed by atoms with Gasteiger partial charge in [0.2, 0.25) is 6.43 Å². The molecule has 0 aliphatic heterocycles. The summed E-state index contributed by atoms with van der Waals surface area (Å²) in [4.78, 5) is 12.0. The molecule has 3 nitrogen and oxygen atoms in total. The topological polar surface area (TPSA) is 41.1 Å². The van der Waals surface area contributed by atoms with Crippen molar-refractivity contribution in [3.63, 3.8) is 0 Å². The summed E-state index contributed by atoms with van der Waals surface area (Å²) in [6.45, 7) is 1.57. The number of nitrogens with one attached hydrogen (secondary N) is 2. The quantitative estimate of drug-likeness (QED) is 0.785. The Morgan fingerprint density at radius 1 is 1.21 bits per heavy atom. The molecule has 1 atom stereocenters. The molecule has 3 saturated carbocycles. The number of hydrogen-bond acceptors (Lipinski definition) is 1. The predicted molar refractivity (Wildman–Crippen MR) is 76.5 cm³/mol. The van der Waals surface area contributed by atoms with E-state index in [-0.39, 0.29) is 19.3 Å². The Kier molecular flexibility index (Phi) is 3.77. The summed E-state index contributed by atoms with van der Waals surface area (Å²) in [7, 11) is 0. The molecule has 0 radical (unpaired) electrons. The van der Waals surface area contributed by atoms with E-state index in [2.05, 4.69) is 10.6 Å². The van der Waals surface area contributed by atoms with Crippen molar-refractivity contribution in [2.75, 3.05) is 0 Å². The van der Waals surface area contributed by atoms with E-state index in [0.717, 1.165) is 12.1 Å². The summed E-state index contributed by atoms with van der Waals surface area (Å²) >= 11 is 0. The zero-order valence-corrected chi connectivity index (χ0v) is 12.9. The van der Waals surface area contributed by atoms with Gasteiger partial charge in [0.05, 0.1) is 11.6 Å². The van der Waals surface area contributed by atoms with Crippen molar-refractivity contribution >= 4 is 6.03 Å². The van der Waals surface area contributed by atoms with E-state index in [9.17, 15) is 26.7 Å². The number of hydrogen-bond donors (Lipinski definition) is 2. The van der Waals surface area contributed by atoms with Gasteiger partial charge < -0.3 is 10.6 Å². The van der Waals surface area contributed by atoms with Crippen LogP contribution in [0, 0.1) is 5.41 Å². The third-order valence-corrected chi connectivity index (χ3v) is 4.97. The van der Waals surface area contributed by atoms with E-state index in [1.165, 1.54) is 12.1 Å². The van der Waals surface area contributed by atoms with Gasteiger partial charge in [-0.25, -0.2) is 13.6 Å². The first-order valence-electron chi connectivity index (χ1n) is 7.59. The van der Waals surface area contributed by atoms with Crippen LogP contribution in [0.25, 0.3) is 0 Å². The monoisotopic (exact) mass is 348 g/mol. The van der Waals surface area contributed by atoms with E-state index in [0.29, 0.717) is 5.56 Å². The van der Waals surface area contributed by atoms with Crippen LogP contribution in [0.2, 0.25) is 0 Å². The molecule has 2 bridgehead atoms. The molecule has 1 unspecified atom stereocenters. The predicted octanol–water partition coefficient (Wildman–Crippen LogP) is 4.25. The van der Waals surface area contributed by atoms with Crippen LogP contribution in [0.3, 0.4) is 0 Å². The van der Waals surface area contributed by atoms with Gasteiger partial charge in [-0.05, 0) is 43.9 Å². The Bertz CT molecular complexity index is 638. The molecule has 0 heterocycles. The van der Waals surface area contributed by atoms with Crippen LogP contribution in [0.5, 0.6) is 0 Å². The Morgan fingerprint density at radius 3 is 2.38 bits per heavy atom. The first kappa shape index (κ1) is 17.0. The summed E-state index contributed by atoms with van der Waals surface area (Å²) < 4.78 is 63.7. The third kappa shape index (κ3) is 2.82. The average molecular weight is 348 g/mol. The average Bonchev–Trinajstić information content (AvgIpc) is 2.40. The van der Waals surface area contributed by atoms with Gasteiger partial charge in [0, 0.05) is 11.0 Å². The molecular formula is C16H17F5N2O. The minimum Gasteiger partial charge on any atom is -0.333 e. The molecular weight excluding hydrogens is 331 g/mol. The van der Waals surface area contributed by atoms with Crippen molar-refractivity contribution in [2.24, 2.45) is 5.41 Å². The number of rotatable bonds is 4. The van der Waals surface area contributed by atoms with Gasteiger partial charge in [0.15, 0.2) is 0 Å². The molecule has 1 aromatic carbocycles. The fourth-order valence-corrected chi connectivity index (χ4v) is 3.77. The number of carbonyl (C=O) groups is 1. The molecule has 132 valence electrons. The molecule has 1 aromatic rings. The van der Waals surface area contributed by atoms with E-state index in [1.807, 2.05) is 0 Å². The Morgan fingerprint density at radius 2 is 1.83 bits per heavy atom. The Hall–Kier alpha value is -1.86. The first-order chi connectivity index (χ1) is 11.1. The van der Waals surface area contributed by atoms with Gasteiger partial charge in [0.1, 0.15) is 0 Å². The lowest BCUT2D eigenvalue weighted by Gasteiger charge is -2.69. The van der Waals surface area contributed by atoms with Crippen molar-refractivity contribution < 1.29 is 26.7 Å². The minimum absolute atomic E-state index is 0.253. The summed E-state index contributed by atoms with van der Waals surface area (Å²) in [6.07, 6.45) is -6.07. The Balaban J connectivity index is 1.56. The molecule has 0 spiro atoms. The van der Waals surface area contributed by atoms with Crippen LogP contribution in [0.4, 0.5) is 26.7 Å². The van der Waals surface area contributed by atoms with Crippen LogP contribution < -0.4 is 10.6 Å². The highest BCUT2D eigenvalue weighted by molar-refractivity contribution is 5.76. The third-order valence-electron chi connectivity index (χ3n) is 4.97. The van der Waals surface area contributed by atoms with Crippen LogP contribution in [0.1, 0.15) is 43.4 Å². The maximum atomic E-state index is 12.8. The van der Waals surface area contributed by atoms with Crippen molar-refractivity contribution in [2.45, 2.75) is 50.4 Å². The second-order valence-corrected chi connectivity index (χ2v) is 6.92. The fraction of sp³-hybridized carbons (Fsp3) is 0.562. The number of carbonyl (C=O) groups excluding carboxylic acids is 1. The highest BCUT2D eigenvalue weighted by Crippen LogP contribution is 2.69. The number of amides is 2. The van der Waals surface area contributed by atoms with Gasteiger partial charge in [-0.3, -0.25) is 0 Å². The highest BCUT2D eigenvalue weighted by Gasteiger charge is 2.72. The SMILES string of the molecule is CC(NC(=O)NC12CC(C(F)F)(C1)C2)c1cccc(C(F)(F)F)c1. The van der Waals surface area contributed by atoms with E-state index >= 15 is 0 Å². The van der Waals surface area contributed by atoms with Gasteiger partial charge in [-0.1, -0.05) is 12.1 Å². The summed E-state index contributed by atoms with van der Waals surface area (Å²) in [5.41, 5.74) is -1.98. The van der Waals surface area contributed by atoms with Gasteiger partial charge in [0.25, 0.3) is 0 Å². The van der Waals surface area contributed by atoms with E-state index in [4.69, 9.17) is 0 Å². The lowest BCUT2D eigenvalue weighted by molar-refractivity contribution is -0.223. The van der Waals surface area contributed by atoms with E-state index < -0.39 is 41.2 Å². The van der Waals surface area contributed by atoms with Crippen molar-refractivity contribution in [1.29, 1.82) is 0 Å². The molecule has 2 N–H and O–H groups in total. The molecule has 4 rings (SSSR count). The molecule has 24 heavy (non-hydrogen) atoms. The maximum Gasteiger partial charge on any atom is 0.416 e. The minimum atomic E-state index is -4.45. The van der Waals surface area contributed by atoms with Gasteiger partial charge >= 0.3 is 12.2 Å². The Labute approximate surface area is 135 Å². The highest BCUT2D eigenvalue weighted by atomic mass is 19.4. The van der Waals surface area contributed by atoms with Crippen LogP contribution >= 0.6 is 0 Å². The molecule has 0 saturated heterocycles. The largest absolute Gasteiger partial charge is 0.416 e.